The highest BCUT2D eigenvalue weighted by molar-refractivity contribution is 5.71. The molecule has 35 heavy (non-hydrogen) atoms. The van der Waals surface area contributed by atoms with Crippen molar-refractivity contribution in [2.24, 2.45) is 0 Å². The molecule has 0 saturated carbocycles. The summed E-state index contributed by atoms with van der Waals surface area (Å²) < 4.78 is 51.6. The molecule has 0 fully saturated rings. The number of hydrogen-bond acceptors (Lipinski definition) is 4. The molecular formula is C26H22F3NO5. The Bertz CT molecular complexity index is 1210. The molecule has 3 aromatic rings. The largest absolute Gasteiger partial charge is 0.482 e. The van der Waals surface area contributed by atoms with Crippen LogP contribution in [0.5, 0.6) is 5.75 Å². The third kappa shape index (κ3) is 5.56. The summed E-state index contributed by atoms with van der Waals surface area (Å²) in [5, 5.41) is 9.05. The van der Waals surface area contributed by atoms with E-state index in [1.165, 1.54) is 4.90 Å². The number of carboxylic acids is 1. The molecule has 1 aliphatic heterocycles. The van der Waals surface area contributed by atoms with Crippen LogP contribution in [0.15, 0.2) is 72.8 Å². The molecule has 1 heterocycles. The number of rotatable bonds is 6. The average Bonchev–Trinajstić information content (AvgIpc) is 2.85. The Balaban J connectivity index is 1.76. The van der Waals surface area contributed by atoms with Crippen molar-refractivity contribution in [3.05, 3.63) is 101 Å². The summed E-state index contributed by atoms with van der Waals surface area (Å²) in [7, 11) is 0. The van der Waals surface area contributed by atoms with E-state index in [0.29, 0.717) is 12.0 Å². The van der Waals surface area contributed by atoms with Crippen molar-refractivity contribution in [3.8, 4) is 5.75 Å². The monoisotopic (exact) mass is 485 g/mol. The van der Waals surface area contributed by atoms with E-state index in [-0.39, 0.29) is 24.5 Å². The lowest BCUT2D eigenvalue weighted by Gasteiger charge is -2.37. The van der Waals surface area contributed by atoms with Crippen molar-refractivity contribution < 1.29 is 37.3 Å². The zero-order chi connectivity index (χ0) is 25.0. The van der Waals surface area contributed by atoms with Crippen LogP contribution < -0.4 is 4.74 Å². The van der Waals surface area contributed by atoms with Gasteiger partial charge in [-0.15, -0.1) is 0 Å². The molecule has 1 N–H and O–H groups in total. The van der Waals surface area contributed by atoms with Crippen molar-refractivity contribution in [1.29, 1.82) is 0 Å². The van der Waals surface area contributed by atoms with E-state index in [1.807, 2.05) is 18.2 Å². The van der Waals surface area contributed by atoms with Crippen molar-refractivity contribution >= 4 is 12.1 Å². The van der Waals surface area contributed by atoms with Crippen LogP contribution in [-0.2, 0) is 28.7 Å². The fourth-order valence-electron chi connectivity index (χ4n) is 4.11. The number of benzene rings is 3. The Morgan fingerprint density at radius 3 is 2.40 bits per heavy atom. The van der Waals surface area contributed by atoms with Gasteiger partial charge in [0.1, 0.15) is 12.4 Å². The summed E-state index contributed by atoms with van der Waals surface area (Å²) in [6.07, 6.45) is -4.86. The third-order valence-corrected chi connectivity index (χ3v) is 5.71. The summed E-state index contributed by atoms with van der Waals surface area (Å²) in [5.41, 5.74) is 1.35. The molecule has 1 aliphatic rings. The molecule has 1 atom stereocenters. The summed E-state index contributed by atoms with van der Waals surface area (Å²) in [5.74, 6) is -1.33. The Kier molecular flexibility index (Phi) is 6.95. The van der Waals surface area contributed by atoms with Crippen molar-refractivity contribution in [2.45, 2.75) is 25.2 Å². The number of aliphatic carboxylic acids is 1. The quantitative estimate of drug-likeness (QED) is 0.502. The molecule has 3 aromatic carbocycles. The topological polar surface area (TPSA) is 76.1 Å². The second-order valence-electron chi connectivity index (χ2n) is 8.02. The zero-order valence-electron chi connectivity index (χ0n) is 18.5. The van der Waals surface area contributed by atoms with Gasteiger partial charge in [-0.3, -0.25) is 4.90 Å². The summed E-state index contributed by atoms with van der Waals surface area (Å²) in [4.78, 5) is 25.6. The number of carbonyl (C=O) groups is 2. The molecule has 1 amide bonds. The second-order valence-corrected chi connectivity index (χ2v) is 8.02. The van der Waals surface area contributed by atoms with Crippen LogP contribution in [0.2, 0.25) is 0 Å². The summed E-state index contributed by atoms with van der Waals surface area (Å²) in [6.45, 7) is -0.551. The van der Waals surface area contributed by atoms with Gasteiger partial charge in [0.15, 0.2) is 6.61 Å². The van der Waals surface area contributed by atoms with E-state index < -0.39 is 36.5 Å². The first-order chi connectivity index (χ1) is 16.7. The standard InChI is InChI=1S/C26H22F3NO5/c27-26(28,29)19-10-11-22(34-16-23(31)32)21(14-19)24-20-9-5-4-8-18(20)12-13-30(24)25(33)35-15-17-6-2-1-3-7-17/h1-11,14,24H,12-13,15-16H2,(H,31,32). The number of fused-ring (bicyclic) bond motifs is 1. The SMILES string of the molecule is O=C(O)COc1ccc(C(F)(F)F)cc1C1c2ccccc2CCN1C(=O)OCc1ccccc1. The maximum Gasteiger partial charge on any atom is 0.416 e. The van der Waals surface area contributed by atoms with Gasteiger partial charge >= 0.3 is 18.2 Å². The number of halogens is 3. The molecule has 0 saturated heterocycles. The smallest absolute Gasteiger partial charge is 0.416 e. The first-order valence-electron chi connectivity index (χ1n) is 10.8. The van der Waals surface area contributed by atoms with Crippen molar-refractivity contribution in [2.75, 3.05) is 13.2 Å². The number of amides is 1. The zero-order valence-corrected chi connectivity index (χ0v) is 18.5. The number of carbonyl (C=O) groups excluding carboxylic acids is 1. The summed E-state index contributed by atoms with van der Waals surface area (Å²) in [6, 6.07) is 18.0. The molecular weight excluding hydrogens is 463 g/mol. The number of hydrogen-bond donors (Lipinski definition) is 1. The fraction of sp³-hybridized carbons (Fsp3) is 0.231. The average molecular weight is 485 g/mol. The lowest BCUT2D eigenvalue weighted by atomic mass is 9.87. The van der Waals surface area contributed by atoms with Crippen LogP contribution in [-0.4, -0.2) is 35.2 Å². The number of nitrogens with zero attached hydrogens (tertiary/aromatic N) is 1. The van der Waals surface area contributed by atoms with Gasteiger partial charge in [0.25, 0.3) is 0 Å². The van der Waals surface area contributed by atoms with Gasteiger partial charge in [-0.25, -0.2) is 9.59 Å². The van der Waals surface area contributed by atoms with Gasteiger partial charge in [0.2, 0.25) is 0 Å². The minimum absolute atomic E-state index is 0.00446. The highest BCUT2D eigenvalue weighted by Gasteiger charge is 2.38. The molecule has 0 aromatic heterocycles. The maximum atomic E-state index is 13.6. The fourth-order valence-corrected chi connectivity index (χ4v) is 4.11. The molecule has 4 rings (SSSR count). The molecule has 182 valence electrons. The Morgan fingerprint density at radius 1 is 0.971 bits per heavy atom. The van der Waals surface area contributed by atoms with Gasteiger partial charge in [-0.1, -0.05) is 54.6 Å². The van der Waals surface area contributed by atoms with E-state index in [4.69, 9.17) is 14.6 Å². The highest BCUT2D eigenvalue weighted by atomic mass is 19.4. The predicted octanol–water partition coefficient (Wildman–Crippen LogP) is 5.45. The Hall–Kier alpha value is -4.01. The van der Waals surface area contributed by atoms with Crippen molar-refractivity contribution in [3.63, 3.8) is 0 Å². The van der Waals surface area contributed by atoms with E-state index in [0.717, 1.165) is 29.3 Å². The summed E-state index contributed by atoms with van der Waals surface area (Å²) >= 11 is 0. The van der Waals surface area contributed by atoms with Crippen LogP contribution >= 0.6 is 0 Å². The number of carboxylic acid groups (broad SMARTS) is 1. The molecule has 0 spiro atoms. The first kappa shape index (κ1) is 24.1. The Labute approximate surface area is 199 Å². The van der Waals surface area contributed by atoms with Crippen LogP contribution in [0.25, 0.3) is 0 Å². The van der Waals surface area contributed by atoms with Crippen LogP contribution in [0.1, 0.15) is 33.9 Å². The molecule has 0 bridgehead atoms. The molecule has 1 unspecified atom stereocenters. The normalized spacial score (nSPS) is 15.3. The van der Waals surface area contributed by atoms with E-state index in [1.54, 1.807) is 36.4 Å². The predicted molar refractivity (Wildman–Crippen MR) is 120 cm³/mol. The van der Waals surface area contributed by atoms with Gasteiger partial charge in [0.05, 0.1) is 11.6 Å². The molecule has 0 radical (unpaired) electrons. The van der Waals surface area contributed by atoms with Crippen molar-refractivity contribution in [1.82, 2.24) is 4.90 Å². The van der Waals surface area contributed by atoms with Gasteiger partial charge < -0.3 is 14.6 Å². The van der Waals surface area contributed by atoms with E-state index >= 15 is 0 Å². The van der Waals surface area contributed by atoms with E-state index in [9.17, 15) is 22.8 Å². The van der Waals surface area contributed by atoms with Gasteiger partial charge in [-0.2, -0.15) is 13.2 Å². The lowest BCUT2D eigenvalue weighted by Crippen LogP contribution is -2.41. The number of alkyl halides is 3. The minimum Gasteiger partial charge on any atom is -0.482 e. The molecule has 0 aliphatic carbocycles. The number of ether oxygens (including phenoxy) is 2. The third-order valence-electron chi connectivity index (χ3n) is 5.71. The Morgan fingerprint density at radius 2 is 1.69 bits per heavy atom. The van der Waals surface area contributed by atoms with Gasteiger partial charge in [-0.05, 0) is 41.3 Å². The second kappa shape index (κ2) is 10.1. The maximum absolute atomic E-state index is 13.6. The van der Waals surface area contributed by atoms with E-state index in [2.05, 4.69) is 0 Å². The molecule has 6 nitrogen and oxygen atoms in total. The van der Waals surface area contributed by atoms with Crippen LogP contribution in [0.4, 0.5) is 18.0 Å². The van der Waals surface area contributed by atoms with Crippen LogP contribution in [0.3, 0.4) is 0 Å². The van der Waals surface area contributed by atoms with Gasteiger partial charge in [0, 0.05) is 12.1 Å². The lowest BCUT2D eigenvalue weighted by molar-refractivity contribution is -0.140. The first-order valence-corrected chi connectivity index (χ1v) is 10.8. The highest BCUT2D eigenvalue weighted by Crippen LogP contribution is 2.42. The molecule has 9 heteroatoms. The minimum atomic E-state index is -4.65. The van der Waals surface area contributed by atoms with Crippen LogP contribution in [0, 0.1) is 0 Å².